The Bertz CT molecular complexity index is 596. The van der Waals surface area contributed by atoms with Crippen LogP contribution in [0.15, 0.2) is 15.2 Å². The Hall–Kier alpha value is -1.52. The summed E-state index contributed by atoms with van der Waals surface area (Å²) >= 11 is 2.53. The minimum absolute atomic E-state index is 0.0740. The average molecular weight is 239 g/mol. The largest absolute Gasteiger partial charge is 0.506 e. The molecule has 2 N–H and O–H groups in total. The Morgan fingerprint density at radius 3 is 3.27 bits per heavy atom. The van der Waals surface area contributed by atoms with Crippen molar-refractivity contribution in [2.45, 2.75) is 4.34 Å². The summed E-state index contributed by atoms with van der Waals surface area (Å²) in [6.45, 7) is 0. The van der Waals surface area contributed by atoms with Gasteiger partial charge in [-0.1, -0.05) is 11.8 Å². The first-order valence-corrected chi connectivity index (χ1v) is 5.73. The van der Waals surface area contributed by atoms with Gasteiger partial charge < -0.3 is 10.1 Å². The molecule has 76 valence electrons. The van der Waals surface area contributed by atoms with Crippen LogP contribution in [0.5, 0.6) is 5.75 Å². The number of aromatic nitrogens is 2. The Morgan fingerprint density at radius 1 is 1.73 bits per heavy atom. The van der Waals surface area contributed by atoms with E-state index in [-0.39, 0.29) is 11.3 Å². The molecule has 2 heterocycles. The fourth-order valence-corrected chi connectivity index (χ4v) is 2.73. The highest BCUT2D eigenvalue weighted by Crippen LogP contribution is 2.32. The van der Waals surface area contributed by atoms with Crippen LogP contribution in [0.25, 0.3) is 10.3 Å². The number of H-pyrrole nitrogens is 1. The van der Waals surface area contributed by atoms with Gasteiger partial charge in [-0.25, -0.2) is 4.98 Å². The second-order valence-corrected chi connectivity index (χ2v) is 4.84. The summed E-state index contributed by atoms with van der Waals surface area (Å²) in [4.78, 5) is 17.6. The van der Waals surface area contributed by atoms with Crippen LogP contribution in [0.3, 0.4) is 0 Å². The lowest BCUT2D eigenvalue weighted by Crippen LogP contribution is -2.02. The standard InChI is InChI=1S/C8H5N3O2S2/c9-1-2-14-8-11-7-6(15-8)4(12)3-5(13)10-7/h3H,2H2,(H2,10,12,13). The lowest BCUT2D eigenvalue weighted by molar-refractivity contribution is 0.481. The van der Waals surface area contributed by atoms with Crippen LogP contribution in [-0.2, 0) is 0 Å². The van der Waals surface area contributed by atoms with Crippen molar-refractivity contribution in [3.05, 3.63) is 16.4 Å². The molecule has 0 aromatic carbocycles. The zero-order valence-electron chi connectivity index (χ0n) is 7.35. The van der Waals surface area contributed by atoms with E-state index in [1.165, 1.54) is 23.1 Å². The van der Waals surface area contributed by atoms with Gasteiger partial charge in [0.1, 0.15) is 10.4 Å². The number of hydrogen-bond acceptors (Lipinski definition) is 6. The third kappa shape index (κ3) is 1.95. The number of thiazole rings is 1. The number of hydrogen-bond donors (Lipinski definition) is 2. The van der Waals surface area contributed by atoms with Crippen molar-refractivity contribution in [1.82, 2.24) is 9.97 Å². The molecule has 2 rings (SSSR count). The molecular formula is C8H5N3O2S2. The smallest absolute Gasteiger partial charge is 0.253 e. The van der Waals surface area contributed by atoms with Crippen molar-refractivity contribution >= 4 is 33.4 Å². The molecule has 0 spiro atoms. The maximum absolute atomic E-state index is 11.0. The van der Waals surface area contributed by atoms with Crippen molar-refractivity contribution in [3.8, 4) is 11.8 Å². The van der Waals surface area contributed by atoms with Crippen LogP contribution in [-0.4, -0.2) is 20.8 Å². The minimum atomic E-state index is -0.387. The molecule has 2 aromatic heterocycles. The molecular weight excluding hydrogens is 234 g/mol. The van der Waals surface area contributed by atoms with E-state index in [9.17, 15) is 9.90 Å². The first-order valence-electron chi connectivity index (χ1n) is 3.93. The fraction of sp³-hybridized carbons (Fsp3) is 0.125. The summed E-state index contributed by atoms with van der Waals surface area (Å²) < 4.78 is 1.19. The molecule has 0 bridgehead atoms. The first kappa shape index (κ1) is 10.0. The summed E-state index contributed by atoms with van der Waals surface area (Å²) in [5, 5.41) is 17.9. The quantitative estimate of drug-likeness (QED) is 0.771. The van der Waals surface area contributed by atoms with Crippen LogP contribution in [0.4, 0.5) is 0 Å². The van der Waals surface area contributed by atoms with E-state index < -0.39 is 0 Å². The lowest BCUT2D eigenvalue weighted by Gasteiger charge is -1.89. The van der Waals surface area contributed by atoms with E-state index in [4.69, 9.17) is 5.26 Å². The summed E-state index contributed by atoms with van der Waals surface area (Å²) in [7, 11) is 0. The molecule has 0 saturated heterocycles. The monoisotopic (exact) mass is 239 g/mol. The molecule has 7 heteroatoms. The van der Waals surface area contributed by atoms with Gasteiger partial charge in [-0.2, -0.15) is 5.26 Å². The lowest BCUT2D eigenvalue weighted by atomic mass is 10.4. The van der Waals surface area contributed by atoms with Crippen molar-refractivity contribution in [3.63, 3.8) is 0 Å². The van der Waals surface area contributed by atoms with Gasteiger partial charge in [0.25, 0.3) is 5.56 Å². The van der Waals surface area contributed by atoms with Crippen molar-refractivity contribution in [1.29, 1.82) is 5.26 Å². The topological polar surface area (TPSA) is 89.8 Å². The number of rotatable bonds is 2. The molecule has 0 aliphatic rings. The van der Waals surface area contributed by atoms with E-state index in [2.05, 4.69) is 9.97 Å². The molecule has 0 aliphatic heterocycles. The molecule has 2 aromatic rings. The molecule has 5 nitrogen and oxygen atoms in total. The average Bonchev–Trinajstić information content (AvgIpc) is 2.57. The van der Waals surface area contributed by atoms with Gasteiger partial charge in [-0.05, 0) is 0 Å². The highest BCUT2D eigenvalue weighted by Gasteiger charge is 2.09. The highest BCUT2D eigenvalue weighted by molar-refractivity contribution is 8.01. The SMILES string of the molecule is N#CCSc1nc2[nH]c(=O)cc(O)c2s1. The molecule has 0 radical (unpaired) electrons. The molecule has 0 saturated carbocycles. The van der Waals surface area contributed by atoms with Crippen molar-refractivity contribution in [2.24, 2.45) is 0 Å². The Kier molecular flexibility index (Phi) is 2.62. The number of pyridine rings is 1. The van der Waals surface area contributed by atoms with Gasteiger partial charge in [0, 0.05) is 6.07 Å². The minimum Gasteiger partial charge on any atom is -0.506 e. The summed E-state index contributed by atoms with van der Waals surface area (Å²) in [6, 6.07) is 3.09. The van der Waals surface area contributed by atoms with E-state index >= 15 is 0 Å². The van der Waals surface area contributed by atoms with Gasteiger partial charge >= 0.3 is 0 Å². The van der Waals surface area contributed by atoms with Crippen molar-refractivity contribution < 1.29 is 5.11 Å². The normalized spacial score (nSPS) is 10.3. The fourth-order valence-electron chi connectivity index (χ4n) is 1.06. The van der Waals surface area contributed by atoms with E-state index in [1.54, 1.807) is 0 Å². The maximum atomic E-state index is 11.0. The van der Waals surface area contributed by atoms with Crippen LogP contribution in [0, 0.1) is 11.3 Å². The third-order valence-corrected chi connectivity index (χ3v) is 3.70. The molecule has 0 unspecified atom stereocenters. The predicted octanol–water partition coefficient (Wildman–Crippen LogP) is 1.31. The number of aromatic amines is 1. The van der Waals surface area contributed by atoms with Gasteiger partial charge in [0.15, 0.2) is 9.99 Å². The molecule has 15 heavy (non-hydrogen) atoms. The van der Waals surface area contributed by atoms with Gasteiger partial charge in [-0.3, -0.25) is 4.79 Å². The zero-order valence-corrected chi connectivity index (χ0v) is 8.98. The number of nitrogens with zero attached hydrogens (tertiary/aromatic N) is 2. The summed E-state index contributed by atoms with van der Waals surface area (Å²) in [5.41, 5.74) is -0.0208. The maximum Gasteiger partial charge on any atom is 0.253 e. The predicted molar refractivity (Wildman–Crippen MR) is 58.2 cm³/mol. The highest BCUT2D eigenvalue weighted by atomic mass is 32.2. The van der Waals surface area contributed by atoms with Crippen molar-refractivity contribution in [2.75, 3.05) is 5.75 Å². The molecule has 0 amide bonds. The van der Waals surface area contributed by atoms with Crippen LogP contribution >= 0.6 is 23.1 Å². The summed E-state index contributed by atoms with van der Waals surface area (Å²) in [6.07, 6.45) is 0. The second kappa shape index (κ2) is 3.92. The molecule has 0 atom stereocenters. The van der Waals surface area contributed by atoms with Crippen LogP contribution in [0.1, 0.15) is 0 Å². The molecule has 0 fully saturated rings. The molecule has 0 aliphatic carbocycles. The van der Waals surface area contributed by atoms with Crippen LogP contribution in [0.2, 0.25) is 0 Å². The van der Waals surface area contributed by atoms with Gasteiger partial charge in [0.2, 0.25) is 0 Å². The second-order valence-electron chi connectivity index (χ2n) is 2.62. The van der Waals surface area contributed by atoms with E-state index in [1.807, 2.05) is 6.07 Å². The number of nitriles is 1. The number of aromatic hydroxyl groups is 1. The first-order chi connectivity index (χ1) is 7.20. The van der Waals surface area contributed by atoms with Gasteiger partial charge in [-0.15, -0.1) is 11.3 Å². The van der Waals surface area contributed by atoms with E-state index in [0.29, 0.717) is 20.4 Å². The summed E-state index contributed by atoms with van der Waals surface area (Å²) in [5.74, 6) is 0.222. The number of fused-ring (bicyclic) bond motifs is 1. The Balaban J connectivity index is 2.52. The number of nitrogens with one attached hydrogen (secondary N) is 1. The third-order valence-electron chi connectivity index (χ3n) is 1.61. The Morgan fingerprint density at radius 2 is 2.53 bits per heavy atom. The van der Waals surface area contributed by atoms with Gasteiger partial charge in [0.05, 0.1) is 11.8 Å². The van der Waals surface area contributed by atoms with Crippen LogP contribution < -0.4 is 5.56 Å². The Labute approximate surface area is 92.4 Å². The zero-order chi connectivity index (χ0) is 10.8. The van der Waals surface area contributed by atoms with E-state index in [0.717, 1.165) is 6.07 Å². The number of thioether (sulfide) groups is 1.